The zero-order chi connectivity index (χ0) is 41.9. The van der Waals surface area contributed by atoms with Gasteiger partial charge in [0.1, 0.15) is 36.3 Å². The number of nitrogen functional groups attached to an aromatic ring is 1. The molecule has 26 nitrogen and oxygen atoms in total. The summed E-state index contributed by atoms with van der Waals surface area (Å²) in [5.74, 6) is -1.91. The molecule has 2 unspecified atom stereocenters. The number of aliphatic hydroxyl groups is 3. The van der Waals surface area contributed by atoms with E-state index in [1.807, 2.05) is 0 Å². The van der Waals surface area contributed by atoms with Crippen molar-refractivity contribution in [2.45, 2.75) is 70.4 Å². The van der Waals surface area contributed by atoms with Crippen LogP contribution >= 0.6 is 36.1 Å². The van der Waals surface area contributed by atoms with E-state index >= 15 is 0 Å². The van der Waals surface area contributed by atoms with E-state index in [0.29, 0.717) is 12.3 Å². The van der Waals surface area contributed by atoms with Crippen molar-refractivity contribution in [2.75, 3.05) is 37.8 Å². The number of carboxylic acids is 1. The molecule has 3 rings (SSSR count). The van der Waals surface area contributed by atoms with Crippen LogP contribution in [0.1, 0.15) is 39.8 Å². The zero-order valence-electron chi connectivity index (χ0n) is 29.3. The van der Waals surface area contributed by atoms with Crippen LogP contribution in [0.5, 0.6) is 0 Å². The van der Waals surface area contributed by atoms with Crippen molar-refractivity contribution in [3.63, 3.8) is 0 Å². The number of carbonyl (C=O) groups is 3. The van der Waals surface area contributed by atoms with Gasteiger partial charge in [0.25, 0.3) is 0 Å². The monoisotopic (exact) mass is 871 g/mol. The van der Waals surface area contributed by atoms with Gasteiger partial charge in [-0.1, -0.05) is 13.8 Å². The van der Waals surface area contributed by atoms with Crippen molar-refractivity contribution in [2.24, 2.45) is 5.41 Å². The smallest absolute Gasteiger partial charge is 0.481 e. The predicted octanol–water partition coefficient (Wildman–Crippen LogP) is -1.82. The molecular weight excluding hydrogens is 827 g/mol. The largest absolute Gasteiger partial charge is 0.481 e. The summed E-state index contributed by atoms with van der Waals surface area (Å²) in [6.45, 7) is 2.16. The Hall–Kier alpha value is -2.68. The summed E-state index contributed by atoms with van der Waals surface area (Å²) in [6, 6.07) is 0. The Morgan fingerprint density at radius 2 is 1.69 bits per heavy atom. The van der Waals surface area contributed by atoms with E-state index in [-0.39, 0.29) is 42.3 Å². The summed E-state index contributed by atoms with van der Waals surface area (Å²) >= 11 is 3.95. The Labute approximate surface area is 317 Å². The fourth-order valence-corrected chi connectivity index (χ4v) is 7.33. The first kappa shape index (κ1) is 48.5. The lowest BCUT2D eigenvalue weighted by Gasteiger charge is -2.30. The van der Waals surface area contributed by atoms with Crippen molar-refractivity contribution < 1.29 is 90.7 Å². The number of imidazole rings is 1. The first-order valence-electron chi connectivity index (χ1n) is 15.7. The number of thiol groups is 1. The van der Waals surface area contributed by atoms with E-state index < -0.39 is 90.7 Å². The first-order valence-corrected chi connectivity index (χ1v) is 20.8. The molecule has 0 spiro atoms. The average molecular weight is 872 g/mol. The molecule has 1 fully saturated rings. The second kappa shape index (κ2) is 20.7. The van der Waals surface area contributed by atoms with E-state index in [9.17, 15) is 57.9 Å². The number of carbonyl (C=O) groups excluding carboxylic acids is 2. The molecule has 1 aliphatic rings. The third-order valence-corrected chi connectivity index (χ3v) is 10.3. The van der Waals surface area contributed by atoms with Crippen LogP contribution in [0.25, 0.3) is 11.2 Å². The van der Waals surface area contributed by atoms with Gasteiger partial charge >= 0.3 is 29.4 Å². The molecular formula is C25H44N7O19P3S. The molecule has 55 heavy (non-hydrogen) atoms. The summed E-state index contributed by atoms with van der Waals surface area (Å²) < 4.78 is 61.7. The number of rotatable bonds is 20. The maximum Gasteiger partial charge on any atom is 0.481 e. The second-order valence-electron chi connectivity index (χ2n) is 12.2. The molecule has 314 valence electrons. The van der Waals surface area contributed by atoms with Gasteiger partial charge in [0, 0.05) is 30.7 Å². The number of fused-ring (bicyclic) bond motifs is 1. The predicted molar refractivity (Wildman–Crippen MR) is 187 cm³/mol. The van der Waals surface area contributed by atoms with Crippen LogP contribution < -0.4 is 16.4 Å². The standard InChI is InChI=1S/C21H36N7O16P3S.C4H8O3/c1-21(2,16(31)19(32)24-4-3-12(29)23-5-6-48)8-41-47(38,39)44-46(36,37)40-7-11-15(43-45(33,34)35)14(30)20(42-11)28-10-27-13-17(22)25-9-26-18(13)28;1-3(5)2-4(6)7/h9-11,14-16,20,30-31,48H,3-8H2,1-2H3,(H,23,29)(H,24,32)(H,36,37)(H,38,39)(H2,22,25,26)(H2,33,34,35);3,5H,2H2,1H3,(H,6,7)/t11-,14-,15-,16+,20-;3-/m11/s1. The van der Waals surface area contributed by atoms with Crippen LogP contribution in [0.4, 0.5) is 5.82 Å². The summed E-state index contributed by atoms with van der Waals surface area (Å²) in [5, 5.41) is 42.4. The number of nitrogens with zero attached hydrogens (tertiary/aromatic N) is 4. The lowest BCUT2D eigenvalue weighted by molar-refractivity contribution is -0.139. The molecule has 2 aromatic rings. The molecule has 1 aliphatic heterocycles. The highest BCUT2D eigenvalue weighted by Crippen LogP contribution is 2.61. The highest BCUT2D eigenvalue weighted by Gasteiger charge is 2.50. The third-order valence-electron chi connectivity index (χ3n) is 6.98. The van der Waals surface area contributed by atoms with Crippen LogP contribution in [0.15, 0.2) is 12.7 Å². The fraction of sp³-hybridized carbons (Fsp3) is 0.680. The van der Waals surface area contributed by atoms with Crippen LogP contribution in [0.2, 0.25) is 0 Å². The second-order valence-corrected chi connectivity index (χ2v) is 16.9. The van der Waals surface area contributed by atoms with Gasteiger partial charge in [-0.3, -0.25) is 32.5 Å². The minimum atomic E-state index is -5.54. The number of aromatic nitrogens is 4. The molecule has 1 saturated heterocycles. The van der Waals surface area contributed by atoms with Crippen molar-refractivity contribution in [1.82, 2.24) is 30.2 Å². The third kappa shape index (κ3) is 16.0. The number of nitrogens with one attached hydrogen (secondary N) is 2. The number of amides is 2. The van der Waals surface area contributed by atoms with E-state index in [4.69, 9.17) is 29.7 Å². The van der Waals surface area contributed by atoms with Crippen LogP contribution in [0, 0.1) is 5.41 Å². The number of phosphoric ester groups is 3. The molecule has 0 bridgehead atoms. The van der Waals surface area contributed by atoms with Gasteiger partial charge in [-0.2, -0.15) is 16.9 Å². The van der Waals surface area contributed by atoms with Gasteiger partial charge in [-0.15, -0.1) is 0 Å². The Balaban J connectivity index is 0.00000136. The van der Waals surface area contributed by atoms with Crippen LogP contribution in [-0.4, -0.2) is 140 Å². The fourth-order valence-electron chi connectivity index (χ4n) is 4.39. The quantitative estimate of drug-likeness (QED) is 0.0514. The number of ether oxygens (including phenoxy) is 1. The van der Waals surface area contributed by atoms with Gasteiger partial charge < -0.3 is 61.1 Å². The summed E-state index contributed by atoms with van der Waals surface area (Å²) in [6.07, 6.45) is -7.63. The van der Waals surface area contributed by atoms with Gasteiger partial charge in [-0.05, 0) is 6.92 Å². The van der Waals surface area contributed by atoms with Crippen molar-refractivity contribution >= 4 is 70.9 Å². The lowest BCUT2D eigenvalue weighted by atomic mass is 9.87. The van der Waals surface area contributed by atoms with Crippen molar-refractivity contribution in [1.29, 1.82) is 0 Å². The van der Waals surface area contributed by atoms with E-state index in [1.165, 1.54) is 20.8 Å². The molecule has 2 aromatic heterocycles. The molecule has 3 heterocycles. The maximum atomic E-state index is 12.6. The Bertz CT molecular complexity index is 1760. The SMILES string of the molecule is CC(C)(COP(=O)(O)OP(=O)(O)OC[C@H]1O[C@@H](n2cnc3c(N)ncnc32)[C@H](O)[C@@H]1OP(=O)(O)O)[C@@H](O)C(=O)NCCC(=O)NCCS.C[C@@H](O)CC(=O)O. The molecule has 12 N–H and O–H groups in total. The number of hydrogen-bond donors (Lipinski definition) is 12. The Morgan fingerprint density at radius 3 is 2.25 bits per heavy atom. The highest BCUT2D eigenvalue weighted by atomic mass is 32.1. The van der Waals surface area contributed by atoms with Crippen LogP contribution in [-0.2, 0) is 50.7 Å². The lowest BCUT2D eigenvalue weighted by Crippen LogP contribution is -2.46. The summed E-state index contributed by atoms with van der Waals surface area (Å²) in [7, 11) is -16.3. The number of anilines is 1. The van der Waals surface area contributed by atoms with E-state index in [1.54, 1.807) is 0 Å². The molecule has 0 saturated carbocycles. The topological polar surface area (TPSA) is 404 Å². The van der Waals surface area contributed by atoms with Gasteiger partial charge in [0.15, 0.2) is 17.7 Å². The summed E-state index contributed by atoms with van der Waals surface area (Å²) in [5.41, 5.74) is 4.30. The van der Waals surface area contributed by atoms with Crippen LogP contribution in [0.3, 0.4) is 0 Å². The number of aliphatic hydroxyl groups excluding tert-OH is 3. The molecule has 2 amide bonds. The van der Waals surface area contributed by atoms with E-state index in [2.05, 4.69) is 47.0 Å². The summed E-state index contributed by atoms with van der Waals surface area (Å²) in [4.78, 5) is 84.3. The Morgan fingerprint density at radius 1 is 1.05 bits per heavy atom. The molecule has 30 heteroatoms. The number of phosphoric acid groups is 3. The minimum absolute atomic E-state index is 0.0363. The number of aliphatic carboxylic acids is 1. The maximum absolute atomic E-state index is 12.6. The zero-order valence-corrected chi connectivity index (χ0v) is 32.9. The normalized spacial score (nSPS) is 22.1. The van der Waals surface area contributed by atoms with Gasteiger partial charge in [-0.25, -0.2) is 28.6 Å². The van der Waals surface area contributed by atoms with Crippen molar-refractivity contribution in [3.8, 4) is 0 Å². The number of hydrogen-bond acceptors (Lipinski definition) is 19. The molecule has 0 aliphatic carbocycles. The number of nitrogens with two attached hydrogens (primary N) is 1. The Kier molecular flexibility index (Phi) is 18.2. The molecule has 0 aromatic carbocycles. The molecule has 0 radical (unpaired) electrons. The average Bonchev–Trinajstić information content (AvgIpc) is 3.61. The first-order chi connectivity index (χ1) is 25.3. The van der Waals surface area contributed by atoms with E-state index in [0.717, 1.165) is 17.2 Å². The van der Waals surface area contributed by atoms with Crippen molar-refractivity contribution in [3.05, 3.63) is 12.7 Å². The van der Waals surface area contributed by atoms with Gasteiger partial charge in [0.2, 0.25) is 11.8 Å². The highest BCUT2D eigenvalue weighted by molar-refractivity contribution is 7.80. The number of carboxylic acid groups (broad SMARTS) is 1. The molecule has 8 atom stereocenters. The van der Waals surface area contributed by atoms with Gasteiger partial charge in [0.05, 0.1) is 32.1 Å². The minimum Gasteiger partial charge on any atom is -0.481 e.